The zero-order valence-electron chi connectivity index (χ0n) is 16.4. The number of carbonyl (C=O) groups excluding carboxylic acids is 1. The minimum atomic E-state index is -0.645. The highest BCUT2D eigenvalue weighted by Crippen LogP contribution is 2.36. The van der Waals surface area contributed by atoms with Gasteiger partial charge in [-0.1, -0.05) is 70.1 Å². The maximum atomic E-state index is 12.6. The fraction of sp³-hybridized carbons (Fsp3) is 0.0435. The van der Waals surface area contributed by atoms with Gasteiger partial charge in [0.15, 0.2) is 5.75 Å². The van der Waals surface area contributed by atoms with Gasteiger partial charge >= 0.3 is 0 Å². The second-order valence-corrected chi connectivity index (χ2v) is 9.44. The molecule has 0 heterocycles. The van der Waals surface area contributed by atoms with Crippen LogP contribution in [0, 0.1) is 11.3 Å². The number of amides is 1. The van der Waals surface area contributed by atoms with E-state index in [0.717, 1.165) is 5.56 Å². The lowest BCUT2D eigenvalue weighted by Gasteiger charge is -2.12. The zero-order chi connectivity index (χ0) is 24.1. The first-order valence-corrected chi connectivity index (χ1v) is 11.8. The van der Waals surface area contributed by atoms with Crippen molar-refractivity contribution in [1.82, 2.24) is 0 Å². The van der Waals surface area contributed by atoms with Gasteiger partial charge in [0.1, 0.15) is 18.2 Å². The van der Waals surface area contributed by atoms with E-state index in [1.165, 1.54) is 6.08 Å². The maximum Gasteiger partial charge on any atom is 0.266 e. The number of ether oxygens (including phenoxy) is 1. The van der Waals surface area contributed by atoms with E-state index in [2.05, 4.69) is 21.2 Å². The summed E-state index contributed by atoms with van der Waals surface area (Å²) in [6.07, 6.45) is 1.40. The van der Waals surface area contributed by atoms with Crippen molar-refractivity contribution in [2.75, 3.05) is 5.32 Å². The second kappa shape index (κ2) is 11.5. The molecule has 1 N–H and O–H groups in total. The molecule has 1 amide bonds. The van der Waals surface area contributed by atoms with Gasteiger partial charge in [0.2, 0.25) is 0 Å². The van der Waals surface area contributed by atoms with Gasteiger partial charge in [-0.3, -0.25) is 4.79 Å². The lowest BCUT2D eigenvalue weighted by Crippen LogP contribution is -2.13. The molecule has 0 aromatic heterocycles. The molecule has 0 fully saturated rings. The summed E-state index contributed by atoms with van der Waals surface area (Å²) in [6, 6.07) is 15.1. The van der Waals surface area contributed by atoms with Gasteiger partial charge < -0.3 is 10.1 Å². The molecule has 0 bridgehead atoms. The van der Waals surface area contributed by atoms with E-state index in [1.807, 2.05) is 6.07 Å². The van der Waals surface area contributed by atoms with Crippen LogP contribution in [0.5, 0.6) is 5.75 Å². The summed E-state index contributed by atoms with van der Waals surface area (Å²) in [4.78, 5) is 12.6. The van der Waals surface area contributed by atoms with E-state index in [4.69, 9.17) is 62.7 Å². The highest BCUT2D eigenvalue weighted by molar-refractivity contribution is 9.10. The minimum Gasteiger partial charge on any atom is -0.486 e. The number of nitrogens with zero attached hydrogens (tertiary/aromatic N) is 1. The fourth-order valence-corrected chi connectivity index (χ4v) is 4.35. The number of nitriles is 1. The van der Waals surface area contributed by atoms with Crippen molar-refractivity contribution in [3.63, 3.8) is 0 Å². The van der Waals surface area contributed by atoms with E-state index >= 15 is 0 Å². The van der Waals surface area contributed by atoms with E-state index in [9.17, 15) is 10.1 Å². The molecule has 0 aliphatic rings. The van der Waals surface area contributed by atoms with Crippen molar-refractivity contribution < 1.29 is 9.53 Å². The van der Waals surface area contributed by atoms with Crippen LogP contribution < -0.4 is 10.1 Å². The van der Waals surface area contributed by atoms with Crippen LogP contribution in [0.3, 0.4) is 0 Å². The lowest BCUT2D eigenvalue weighted by molar-refractivity contribution is -0.112. The highest BCUT2D eigenvalue weighted by Gasteiger charge is 2.15. The number of hydrogen-bond donors (Lipinski definition) is 1. The summed E-state index contributed by atoms with van der Waals surface area (Å²) >= 11 is 33.8. The van der Waals surface area contributed by atoms with Crippen molar-refractivity contribution in [1.29, 1.82) is 5.26 Å². The summed E-state index contributed by atoms with van der Waals surface area (Å²) in [5, 5.41) is 13.7. The largest absolute Gasteiger partial charge is 0.486 e. The second-order valence-electron chi connectivity index (χ2n) is 6.58. The molecular weight excluding hydrogens is 593 g/mol. The van der Waals surface area contributed by atoms with Crippen LogP contribution in [0.25, 0.3) is 6.08 Å². The van der Waals surface area contributed by atoms with Crippen molar-refractivity contribution in [2.24, 2.45) is 0 Å². The predicted octanol–water partition coefficient (Wildman–Crippen LogP) is 8.84. The van der Waals surface area contributed by atoms with E-state index in [1.54, 1.807) is 48.5 Å². The van der Waals surface area contributed by atoms with Crippen LogP contribution in [-0.2, 0) is 11.4 Å². The molecular formula is C23H12BrCl5N2O2. The Kier molecular flexibility index (Phi) is 8.95. The Morgan fingerprint density at radius 1 is 1.00 bits per heavy atom. The highest BCUT2D eigenvalue weighted by atomic mass is 79.9. The molecule has 4 nitrogen and oxygen atoms in total. The molecule has 3 aromatic rings. The third-order valence-electron chi connectivity index (χ3n) is 4.26. The molecule has 0 spiro atoms. The zero-order valence-corrected chi connectivity index (χ0v) is 21.8. The molecule has 3 rings (SSSR count). The quantitative estimate of drug-likeness (QED) is 0.226. The molecule has 10 heteroatoms. The Labute approximate surface area is 223 Å². The van der Waals surface area contributed by atoms with E-state index in [-0.39, 0.29) is 27.2 Å². The van der Waals surface area contributed by atoms with Gasteiger partial charge in [0, 0.05) is 0 Å². The Morgan fingerprint density at radius 3 is 2.42 bits per heavy atom. The van der Waals surface area contributed by atoms with E-state index < -0.39 is 5.91 Å². The summed E-state index contributed by atoms with van der Waals surface area (Å²) in [6.45, 7) is 0.205. The number of rotatable bonds is 6. The molecule has 168 valence electrons. The summed E-state index contributed by atoms with van der Waals surface area (Å²) in [5.41, 5.74) is 1.45. The Morgan fingerprint density at radius 2 is 1.76 bits per heavy atom. The predicted molar refractivity (Wildman–Crippen MR) is 139 cm³/mol. The molecule has 0 atom stereocenters. The molecule has 0 saturated heterocycles. The third-order valence-corrected chi connectivity index (χ3v) is 6.69. The van der Waals surface area contributed by atoms with Gasteiger partial charge in [0.05, 0.1) is 35.3 Å². The Hall–Kier alpha value is -1.91. The number of anilines is 1. The third kappa shape index (κ3) is 6.58. The Balaban J connectivity index is 1.79. The number of benzene rings is 3. The first-order valence-electron chi connectivity index (χ1n) is 9.12. The van der Waals surface area contributed by atoms with Crippen molar-refractivity contribution in [2.45, 2.75) is 6.61 Å². The number of halogens is 6. The molecule has 3 aromatic carbocycles. The molecule has 0 aliphatic carbocycles. The SMILES string of the molecule is N#C/C(=C/c1cc(Cl)c(OCc2ccc(Cl)c(Cl)c2)c(Br)c1)C(=O)Nc1cccc(Cl)c1Cl. The number of carbonyl (C=O) groups is 1. The summed E-state index contributed by atoms with van der Waals surface area (Å²) < 4.78 is 6.35. The topological polar surface area (TPSA) is 62.1 Å². The van der Waals surface area contributed by atoms with Crippen molar-refractivity contribution >= 4 is 91.6 Å². The normalized spacial score (nSPS) is 11.1. The van der Waals surface area contributed by atoms with Crippen molar-refractivity contribution in [3.8, 4) is 11.8 Å². The summed E-state index contributed by atoms with van der Waals surface area (Å²) in [7, 11) is 0. The maximum absolute atomic E-state index is 12.6. The van der Waals surface area contributed by atoms with Crippen molar-refractivity contribution in [3.05, 3.63) is 94.8 Å². The average molecular weight is 606 g/mol. The van der Waals surface area contributed by atoms with Crippen LogP contribution in [0.1, 0.15) is 11.1 Å². The van der Waals surface area contributed by atoms with Gasteiger partial charge in [-0.15, -0.1) is 0 Å². The first-order chi connectivity index (χ1) is 15.7. The monoisotopic (exact) mass is 602 g/mol. The molecule has 0 radical (unpaired) electrons. The van der Waals surface area contributed by atoms with Gasteiger partial charge in [-0.05, 0) is 69.5 Å². The van der Waals surface area contributed by atoms with Crippen LogP contribution in [0.4, 0.5) is 5.69 Å². The van der Waals surface area contributed by atoms with Crippen LogP contribution in [-0.4, -0.2) is 5.91 Å². The molecule has 0 saturated carbocycles. The number of nitrogens with one attached hydrogen (secondary N) is 1. The number of hydrogen-bond acceptors (Lipinski definition) is 3. The summed E-state index contributed by atoms with van der Waals surface area (Å²) in [5.74, 6) is -0.248. The Bertz CT molecular complexity index is 1280. The van der Waals surface area contributed by atoms with Gasteiger partial charge in [0.25, 0.3) is 5.91 Å². The standard InChI is InChI=1S/C23H12BrCl5N2O2/c24-15-7-13(6-14(10-30)23(32)31-20-3-1-2-17(26)21(20)29)9-19(28)22(15)33-11-12-4-5-16(25)18(27)8-12/h1-9H,11H2,(H,31,32)/b14-6-. The lowest BCUT2D eigenvalue weighted by atomic mass is 10.1. The molecule has 0 aliphatic heterocycles. The average Bonchev–Trinajstić information content (AvgIpc) is 2.77. The van der Waals surface area contributed by atoms with Crippen LogP contribution in [0.2, 0.25) is 25.1 Å². The van der Waals surface area contributed by atoms with E-state index in [0.29, 0.717) is 31.5 Å². The molecule has 33 heavy (non-hydrogen) atoms. The smallest absolute Gasteiger partial charge is 0.266 e. The van der Waals surface area contributed by atoms with Crippen LogP contribution in [0.15, 0.2) is 58.6 Å². The molecule has 0 unspecified atom stereocenters. The van der Waals surface area contributed by atoms with Gasteiger partial charge in [-0.25, -0.2) is 0 Å². The minimum absolute atomic E-state index is 0.154. The fourth-order valence-electron chi connectivity index (χ4n) is 2.69. The van der Waals surface area contributed by atoms with Crippen LogP contribution >= 0.6 is 73.9 Å². The first kappa shape index (κ1) is 25.7. The van der Waals surface area contributed by atoms with Gasteiger partial charge in [-0.2, -0.15) is 5.26 Å².